The summed E-state index contributed by atoms with van der Waals surface area (Å²) in [4.78, 5) is 39.3. The van der Waals surface area contributed by atoms with Crippen molar-refractivity contribution in [2.45, 2.75) is 39.2 Å². The molecular formula is C32H30FN3O4. The van der Waals surface area contributed by atoms with E-state index in [2.05, 4.69) is 29.8 Å². The summed E-state index contributed by atoms with van der Waals surface area (Å²) in [5, 5.41) is 3.08. The maximum absolute atomic E-state index is 13.4. The van der Waals surface area contributed by atoms with Crippen molar-refractivity contribution in [2.75, 3.05) is 11.5 Å². The first-order valence-corrected chi connectivity index (χ1v) is 13.3. The predicted octanol–water partition coefficient (Wildman–Crippen LogP) is 6.43. The monoisotopic (exact) mass is 539 g/mol. The van der Waals surface area contributed by atoms with Gasteiger partial charge in [0.1, 0.15) is 17.1 Å². The van der Waals surface area contributed by atoms with E-state index in [4.69, 9.17) is 4.74 Å². The van der Waals surface area contributed by atoms with E-state index in [1.54, 1.807) is 0 Å². The van der Waals surface area contributed by atoms with E-state index in [9.17, 15) is 18.8 Å². The molecule has 4 amide bonds. The normalized spacial score (nSPS) is 15.5. The number of ether oxygens (including phenoxy) is 1. The van der Waals surface area contributed by atoms with Crippen molar-refractivity contribution < 1.29 is 23.5 Å². The van der Waals surface area contributed by atoms with E-state index >= 15 is 0 Å². The van der Waals surface area contributed by atoms with Crippen molar-refractivity contribution in [2.24, 2.45) is 0 Å². The Kier molecular flexibility index (Phi) is 7.77. The van der Waals surface area contributed by atoms with E-state index in [-0.39, 0.29) is 11.3 Å². The summed E-state index contributed by atoms with van der Waals surface area (Å²) >= 11 is 0. The highest BCUT2D eigenvalue weighted by Gasteiger charge is 2.37. The lowest BCUT2D eigenvalue weighted by molar-refractivity contribution is -0.122. The Labute approximate surface area is 231 Å². The van der Waals surface area contributed by atoms with Crippen LogP contribution in [0, 0.1) is 5.82 Å². The van der Waals surface area contributed by atoms with Gasteiger partial charge in [0.25, 0.3) is 11.8 Å². The van der Waals surface area contributed by atoms with Crippen LogP contribution < -0.4 is 15.0 Å². The second kappa shape index (κ2) is 11.6. The molecule has 204 valence electrons. The van der Waals surface area contributed by atoms with Crippen LogP contribution in [0.4, 0.5) is 14.9 Å². The van der Waals surface area contributed by atoms with Crippen LogP contribution >= 0.6 is 0 Å². The summed E-state index contributed by atoms with van der Waals surface area (Å²) in [6, 6.07) is 19.9. The third-order valence-corrected chi connectivity index (χ3v) is 7.17. The molecule has 0 bridgehead atoms. The van der Waals surface area contributed by atoms with Gasteiger partial charge in [0.15, 0.2) is 0 Å². The van der Waals surface area contributed by atoms with Crippen LogP contribution in [-0.2, 0) is 16.1 Å². The van der Waals surface area contributed by atoms with E-state index in [1.165, 1.54) is 23.8 Å². The highest BCUT2D eigenvalue weighted by molar-refractivity contribution is 6.39. The number of aryl methyl sites for hydroxylation is 1. The van der Waals surface area contributed by atoms with E-state index in [0.717, 1.165) is 46.5 Å². The van der Waals surface area contributed by atoms with Gasteiger partial charge < -0.3 is 9.30 Å². The number of nitrogens with one attached hydrogen (secondary N) is 1. The summed E-state index contributed by atoms with van der Waals surface area (Å²) in [5.41, 5.74) is 2.81. The van der Waals surface area contributed by atoms with Crippen LogP contribution in [0.3, 0.4) is 0 Å². The second-order valence-electron chi connectivity index (χ2n) is 9.78. The average Bonchev–Trinajstić information content (AvgIpc) is 3.31. The number of rotatable bonds is 9. The van der Waals surface area contributed by atoms with Crippen molar-refractivity contribution in [1.82, 2.24) is 9.88 Å². The molecule has 5 rings (SSSR count). The molecule has 7 nitrogen and oxygen atoms in total. The lowest BCUT2D eigenvalue weighted by Gasteiger charge is -2.26. The van der Waals surface area contributed by atoms with Gasteiger partial charge in [-0.25, -0.2) is 14.1 Å². The molecule has 0 spiro atoms. The van der Waals surface area contributed by atoms with Gasteiger partial charge in [-0.3, -0.25) is 14.9 Å². The van der Waals surface area contributed by atoms with Crippen LogP contribution in [-0.4, -0.2) is 29.0 Å². The summed E-state index contributed by atoms with van der Waals surface area (Å²) < 4.78 is 21.6. The van der Waals surface area contributed by atoms with Crippen LogP contribution in [0.25, 0.3) is 17.0 Å². The number of barbiturate groups is 1. The molecule has 3 aromatic carbocycles. The quantitative estimate of drug-likeness (QED) is 0.151. The number of imide groups is 2. The largest absolute Gasteiger partial charge is 0.493 e. The van der Waals surface area contributed by atoms with Gasteiger partial charge in [-0.2, -0.15) is 0 Å². The van der Waals surface area contributed by atoms with Gasteiger partial charge in [0.2, 0.25) is 0 Å². The molecule has 40 heavy (non-hydrogen) atoms. The number of benzene rings is 3. The van der Waals surface area contributed by atoms with Crippen LogP contribution in [0.15, 0.2) is 84.6 Å². The summed E-state index contributed by atoms with van der Waals surface area (Å²) in [6.07, 6.45) is 5.17. The number of hydrogen-bond donors (Lipinski definition) is 1. The van der Waals surface area contributed by atoms with Gasteiger partial charge in [-0.1, -0.05) is 50.2 Å². The van der Waals surface area contributed by atoms with Gasteiger partial charge >= 0.3 is 6.03 Å². The minimum atomic E-state index is -0.879. The minimum Gasteiger partial charge on any atom is -0.493 e. The molecule has 0 aliphatic carbocycles. The molecule has 1 N–H and O–H groups in total. The number of fused-ring (bicyclic) bond motifs is 1. The van der Waals surface area contributed by atoms with Crippen molar-refractivity contribution >= 4 is 40.5 Å². The molecule has 1 aromatic heterocycles. The number of hydrogen-bond acceptors (Lipinski definition) is 4. The molecule has 1 atom stereocenters. The number of carbonyl (C=O) groups is 3. The maximum atomic E-state index is 13.4. The molecule has 1 aliphatic heterocycles. The first-order valence-electron chi connectivity index (χ1n) is 13.3. The van der Waals surface area contributed by atoms with Gasteiger partial charge in [-0.15, -0.1) is 0 Å². The SMILES string of the molecule is CCC(C)c1ccccc1OCCCn1cc(/C=C2/C(=O)NC(=O)N(c3ccc(F)cc3)C2=O)c2ccccc21. The third kappa shape index (κ3) is 5.38. The molecule has 1 aliphatic rings. The lowest BCUT2D eigenvalue weighted by Crippen LogP contribution is -2.54. The predicted molar refractivity (Wildman–Crippen MR) is 153 cm³/mol. The van der Waals surface area contributed by atoms with Gasteiger partial charge in [0.05, 0.1) is 12.3 Å². The standard InChI is InChI=1S/C32H30FN3O4/c1-3-21(2)25-9-5-7-12-29(25)40-18-8-17-35-20-22(26-10-4-6-11-28(26)35)19-27-30(37)34-32(39)36(31(27)38)24-15-13-23(33)14-16-24/h4-7,9-16,19-21H,3,8,17-18H2,1-2H3,(H,34,37,39)/b27-19-. The third-order valence-electron chi connectivity index (χ3n) is 7.17. The Hall–Kier alpha value is -4.72. The number of anilines is 1. The number of carbonyl (C=O) groups excluding carboxylic acids is 3. The highest BCUT2D eigenvalue weighted by atomic mass is 19.1. The van der Waals surface area contributed by atoms with Gasteiger partial charge in [0, 0.05) is 29.2 Å². The summed E-state index contributed by atoms with van der Waals surface area (Å²) in [5.74, 6) is -0.738. The number of nitrogens with zero attached hydrogens (tertiary/aromatic N) is 2. The van der Waals surface area contributed by atoms with E-state index in [1.807, 2.05) is 48.7 Å². The molecule has 0 radical (unpaired) electrons. The summed E-state index contributed by atoms with van der Waals surface area (Å²) in [7, 11) is 0. The molecule has 1 fully saturated rings. The van der Waals surface area contributed by atoms with E-state index < -0.39 is 23.7 Å². The van der Waals surface area contributed by atoms with Gasteiger partial charge in [-0.05, 0) is 66.8 Å². The topological polar surface area (TPSA) is 80.6 Å². The zero-order valence-corrected chi connectivity index (χ0v) is 22.4. The highest BCUT2D eigenvalue weighted by Crippen LogP contribution is 2.29. The van der Waals surface area contributed by atoms with Crippen molar-refractivity contribution in [3.05, 3.63) is 102 Å². The molecule has 2 heterocycles. The zero-order chi connectivity index (χ0) is 28.2. The molecule has 1 unspecified atom stereocenters. The fourth-order valence-electron chi connectivity index (χ4n) is 4.87. The molecule has 8 heteroatoms. The summed E-state index contributed by atoms with van der Waals surface area (Å²) in [6.45, 7) is 5.55. The van der Waals surface area contributed by atoms with Crippen LogP contribution in [0.5, 0.6) is 5.75 Å². The number of aromatic nitrogens is 1. The Morgan fingerprint density at radius 1 is 0.975 bits per heavy atom. The molecular weight excluding hydrogens is 509 g/mol. The van der Waals surface area contributed by atoms with Crippen LogP contribution in [0.2, 0.25) is 0 Å². The lowest BCUT2D eigenvalue weighted by atomic mass is 9.98. The Morgan fingerprint density at radius 2 is 1.70 bits per heavy atom. The zero-order valence-electron chi connectivity index (χ0n) is 22.4. The number of amides is 4. The Morgan fingerprint density at radius 3 is 2.48 bits per heavy atom. The van der Waals surface area contributed by atoms with Crippen molar-refractivity contribution in [1.29, 1.82) is 0 Å². The first-order chi connectivity index (χ1) is 19.4. The van der Waals surface area contributed by atoms with Crippen molar-refractivity contribution in [3.8, 4) is 5.75 Å². The smallest absolute Gasteiger partial charge is 0.335 e. The van der Waals surface area contributed by atoms with Crippen LogP contribution in [0.1, 0.15) is 43.7 Å². The Bertz CT molecular complexity index is 1610. The average molecular weight is 540 g/mol. The number of urea groups is 1. The molecule has 1 saturated heterocycles. The first kappa shape index (κ1) is 26.9. The fraction of sp³-hybridized carbons (Fsp3) is 0.219. The van der Waals surface area contributed by atoms with E-state index in [0.29, 0.717) is 24.6 Å². The van der Waals surface area contributed by atoms with Crippen molar-refractivity contribution in [3.63, 3.8) is 0 Å². The molecule has 0 saturated carbocycles. The second-order valence-corrected chi connectivity index (χ2v) is 9.78. The Balaban J connectivity index is 1.37. The minimum absolute atomic E-state index is 0.166. The fourth-order valence-corrected chi connectivity index (χ4v) is 4.87. The maximum Gasteiger partial charge on any atom is 0.335 e. The molecule has 4 aromatic rings. The number of para-hydroxylation sites is 2. The number of halogens is 1.